The number of Topliss-reactive ketones (excluding diaryl/α,β-unsaturated/α-hetero) is 1. The first-order chi connectivity index (χ1) is 7.09. The van der Waals surface area contributed by atoms with Crippen molar-refractivity contribution in [2.24, 2.45) is 5.92 Å². The van der Waals surface area contributed by atoms with Gasteiger partial charge < -0.3 is 10.6 Å². The van der Waals surface area contributed by atoms with E-state index in [2.05, 4.69) is 10.6 Å². The molecule has 2 N–H and O–H groups in total. The van der Waals surface area contributed by atoms with Gasteiger partial charge in [-0.2, -0.15) is 0 Å². The first-order valence-electron chi connectivity index (χ1n) is 5.13. The standard InChI is InChI=1S/C10H16N2O3/c1-7(13)6-9(14)11-4-5-12-10(15)8-2-3-8/h8H,2-6H2,1H3,(H,11,14)(H,12,15). The first-order valence-corrected chi connectivity index (χ1v) is 5.13. The Morgan fingerprint density at radius 2 is 1.73 bits per heavy atom. The molecular formula is C10H16N2O3. The first kappa shape index (κ1) is 11.7. The van der Waals surface area contributed by atoms with E-state index >= 15 is 0 Å². The number of rotatable bonds is 6. The fourth-order valence-corrected chi connectivity index (χ4v) is 1.17. The van der Waals surface area contributed by atoms with Crippen LogP contribution in [0.5, 0.6) is 0 Å². The summed E-state index contributed by atoms with van der Waals surface area (Å²) >= 11 is 0. The Labute approximate surface area is 88.6 Å². The van der Waals surface area contributed by atoms with E-state index in [9.17, 15) is 14.4 Å². The zero-order chi connectivity index (χ0) is 11.3. The van der Waals surface area contributed by atoms with Gasteiger partial charge in [0, 0.05) is 19.0 Å². The maximum Gasteiger partial charge on any atom is 0.227 e. The molecule has 0 aliphatic heterocycles. The molecule has 1 rings (SSSR count). The summed E-state index contributed by atoms with van der Waals surface area (Å²) in [6.07, 6.45) is 1.86. The quantitative estimate of drug-likeness (QED) is 0.465. The minimum absolute atomic E-state index is 0.0656. The van der Waals surface area contributed by atoms with Crippen molar-refractivity contribution in [2.45, 2.75) is 26.2 Å². The molecular weight excluding hydrogens is 196 g/mol. The van der Waals surface area contributed by atoms with Gasteiger partial charge in [0.1, 0.15) is 5.78 Å². The second-order valence-corrected chi connectivity index (χ2v) is 3.79. The van der Waals surface area contributed by atoms with E-state index in [-0.39, 0.29) is 29.9 Å². The predicted molar refractivity (Wildman–Crippen MR) is 54.0 cm³/mol. The summed E-state index contributed by atoms with van der Waals surface area (Å²) in [6, 6.07) is 0. The Morgan fingerprint density at radius 1 is 1.13 bits per heavy atom. The van der Waals surface area contributed by atoms with Crippen LogP contribution in [0.3, 0.4) is 0 Å². The van der Waals surface area contributed by atoms with Gasteiger partial charge >= 0.3 is 0 Å². The molecule has 0 heterocycles. The van der Waals surface area contributed by atoms with E-state index in [1.807, 2.05) is 0 Å². The average molecular weight is 212 g/mol. The fraction of sp³-hybridized carbons (Fsp3) is 0.700. The number of hydrogen-bond donors (Lipinski definition) is 2. The zero-order valence-corrected chi connectivity index (χ0v) is 8.84. The molecule has 0 aromatic carbocycles. The Bertz CT molecular complexity index is 272. The predicted octanol–water partition coefficient (Wildman–Crippen LogP) is -0.392. The number of carbonyl (C=O) groups excluding carboxylic acids is 3. The van der Waals surface area contributed by atoms with Gasteiger partial charge in [-0.3, -0.25) is 14.4 Å². The van der Waals surface area contributed by atoms with Gasteiger partial charge in [0.05, 0.1) is 6.42 Å². The van der Waals surface area contributed by atoms with Crippen LogP contribution in [0, 0.1) is 5.92 Å². The van der Waals surface area contributed by atoms with E-state index in [1.165, 1.54) is 6.92 Å². The molecule has 0 spiro atoms. The highest BCUT2D eigenvalue weighted by Crippen LogP contribution is 2.28. The largest absolute Gasteiger partial charge is 0.354 e. The molecule has 15 heavy (non-hydrogen) atoms. The van der Waals surface area contributed by atoms with E-state index in [1.54, 1.807) is 0 Å². The second kappa shape index (κ2) is 5.48. The summed E-state index contributed by atoms with van der Waals surface area (Å²) in [4.78, 5) is 32.7. The van der Waals surface area contributed by atoms with E-state index in [0.717, 1.165) is 12.8 Å². The molecule has 84 valence electrons. The van der Waals surface area contributed by atoms with Crippen molar-refractivity contribution in [3.8, 4) is 0 Å². The van der Waals surface area contributed by atoms with Crippen molar-refractivity contribution in [2.75, 3.05) is 13.1 Å². The highest BCUT2D eigenvalue weighted by Gasteiger charge is 2.28. The van der Waals surface area contributed by atoms with Crippen molar-refractivity contribution < 1.29 is 14.4 Å². The van der Waals surface area contributed by atoms with Gasteiger partial charge in [0.25, 0.3) is 0 Å². The minimum Gasteiger partial charge on any atom is -0.354 e. The number of hydrogen-bond acceptors (Lipinski definition) is 3. The molecule has 1 fully saturated rings. The van der Waals surface area contributed by atoms with Crippen LogP contribution >= 0.6 is 0 Å². The maximum atomic E-state index is 11.1. The van der Waals surface area contributed by atoms with Crippen LogP contribution in [0.15, 0.2) is 0 Å². The van der Waals surface area contributed by atoms with E-state index in [0.29, 0.717) is 13.1 Å². The van der Waals surface area contributed by atoms with Gasteiger partial charge in [-0.1, -0.05) is 0 Å². The van der Waals surface area contributed by atoms with Gasteiger partial charge in [-0.05, 0) is 19.8 Å². The molecule has 1 aliphatic rings. The van der Waals surface area contributed by atoms with Crippen LogP contribution in [0.4, 0.5) is 0 Å². The van der Waals surface area contributed by atoms with Crippen LogP contribution in [-0.2, 0) is 14.4 Å². The molecule has 2 amide bonds. The highest BCUT2D eigenvalue weighted by molar-refractivity contribution is 5.96. The third kappa shape index (κ3) is 5.15. The lowest BCUT2D eigenvalue weighted by Gasteiger charge is -2.05. The van der Waals surface area contributed by atoms with Crippen LogP contribution < -0.4 is 10.6 Å². The van der Waals surface area contributed by atoms with Crippen molar-refractivity contribution in [1.29, 1.82) is 0 Å². The molecule has 0 saturated heterocycles. The SMILES string of the molecule is CC(=O)CC(=O)NCCNC(=O)C1CC1. The monoisotopic (exact) mass is 212 g/mol. The van der Waals surface area contributed by atoms with Crippen LogP contribution in [0.2, 0.25) is 0 Å². The fourth-order valence-electron chi connectivity index (χ4n) is 1.17. The molecule has 0 bridgehead atoms. The molecule has 0 radical (unpaired) electrons. The summed E-state index contributed by atoms with van der Waals surface area (Å²) < 4.78 is 0. The Morgan fingerprint density at radius 3 is 2.27 bits per heavy atom. The number of nitrogens with one attached hydrogen (secondary N) is 2. The topological polar surface area (TPSA) is 75.3 Å². The summed E-state index contributed by atoms with van der Waals surface area (Å²) in [6.45, 7) is 2.18. The van der Waals surface area contributed by atoms with Crippen molar-refractivity contribution in [1.82, 2.24) is 10.6 Å². The zero-order valence-electron chi connectivity index (χ0n) is 8.84. The molecule has 0 aromatic heterocycles. The maximum absolute atomic E-state index is 11.1. The normalized spacial score (nSPS) is 14.5. The summed E-state index contributed by atoms with van der Waals surface area (Å²) in [5.41, 5.74) is 0. The van der Waals surface area contributed by atoms with Crippen molar-refractivity contribution >= 4 is 17.6 Å². The second-order valence-electron chi connectivity index (χ2n) is 3.79. The Balaban J connectivity index is 1.98. The number of ketones is 1. The molecule has 1 aliphatic carbocycles. The van der Waals surface area contributed by atoms with Gasteiger partial charge in [0.2, 0.25) is 11.8 Å². The van der Waals surface area contributed by atoms with Crippen LogP contribution in [0.25, 0.3) is 0 Å². The summed E-state index contributed by atoms with van der Waals surface area (Å²) in [5.74, 6) is -0.188. The van der Waals surface area contributed by atoms with E-state index in [4.69, 9.17) is 0 Å². The number of carbonyl (C=O) groups is 3. The molecule has 0 atom stereocenters. The van der Waals surface area contributed by atoms with Gasteiger partial charge in [-0.15, -0.1) is 0 Å². The molecule has 0 unspecified atom stereocenters. The Hall–Kier alpha value is -1.39. The van der Waals surface area contributed by atoms with Crippen LogP contribution in [-0.4, -0.2) is 30.7 Å². The van der Waals surface area contributed by atoms with Crippen molar-refractivity contribution in [3.05, 3.63) is 0 Å². The molecule has 5 heteroatoms. The molecule has 1 saturated carbocycles. The van der Waals surface area contributed by atoms with Crippen molar-refractivity contribution in [3.63, 3.8) is 0 Å². The lowest BCUT2D eigenvalue weighted by atomic mass is 10.3. The third-order valence-electron chi connectivity index (χ3n) is 2.10. The minimum atomic E-state index is -0.289. The summed E-state index contributed by atoms with van der Waals surface area (Å²) in [7, 11) is 0. The molecule has 5 nitrogen and oxygen atoms in total. The third-order valence-corrected chi connectivity index (χ3v) is 2.10. The average Bonchev–Trinajstić information content (AvgIpc) is 2.93. The lowest BCUT2D eigenvalue weighted by Crippen LogP contribution is -2.35. The highest BCUT2D eigenvalue weighted by atomic mass is 16.2. The van der Waals surface area contributed by atoms with Gasteiger partial charge in [-0.25, -0.2) is 0 Å². The number of amides is 2. The van der Waals surface area contributed by atoms with Gasteiger partial charge in [0.15, 0.2) is 0 Å². The smallest absolute Gasteiger partial charge is 0.227 e. The lowest BCUT2D eigenvalue weighted by molar-refractivity contribution is -0.127. The van der Waals surface area contributed by atoms with E-state index < -0.39 is 0 Å². The molecule has 0 aromatic rings. The Kier molecular flexibility index (Phi) is 4.27. The van der Waals surface area contributed by atoms with Crippen LogP contribution in [0.1, 0.15) is 26.2 Å². The summed E-state index contributed by atoms with van der Waals surface area (Å²) in [5, 5.41) is 5.27.